The number of para-hydroxylation sites is 1. The van der Waals surface area contributed by atoms with Crippen LogP contribution in [0.25, 0.3) is 0 Å². The van der Waals surface area contributed by atoms with E-state index >= 15 is 0 Å². The zero-order chi connectivity index (χ0) is 17.7. The molecule has 4 nitrogen and oxygen atoms in total. The highest BCUT2D eigenvalue weighted by atomic mass is 35.5. The van der Waals surface area contributed by atoms with E-state index in [1.807, 2.05) is 29.0 Å². The lowest BCUT2D eigenvalue weighted by atomic mass is 9.98. The molecule has 0 amide bonds. The number of hydrogen-bond acceptors (Lipinski definition) is 3. The molecule has 1 heterocycles. The number of imidazole rings is 1. The molecule has 0 saturated heterocycles. The SMILES string of the molecule is ClC1=CC(Cl)(OCOc2ccccc2Cl)C=CC1CCn1ccnc1. The number of allylic oxidation sites excluding steroid dienone is 2. The first kappa shape index (κ1) is 18.3. The smallest absolute Gasteiger partial charge is 0.191 e. The average molecular weight is 400 g/mol. The summed E-state index contributed by atoms with van der Waals surface area (Å²) in [5.74, 6) is 0.640. The molecular weight excluding hydrogens is 383 g/mol. The van der Waals surface area contributed by atoms with E-state index in [0.717, 1.165) is 13.0 Å². The molecule has 1 aliphatic carbocycles. The highest BCUT2D eigenvalue weighted by Crippen LogP contribution is 2.35. The van der Waals surface area contributed by atoms with E-state index in [2.05, 4.69) is 4.98 Å². The lowest BCUT2D eigenvalue weighted by Gasteiger charge is -2.27. The van der Waals surface area contributed by atoms with Crippen molar-refractivity contribution < 1.29 is 9.47 Å². The van der Waals surface area contributed by atoms with Crippen LogP contribution in [0.2, 0.25) is 5.02 Å². The van der Waals surface area contributed by atoms with Crippen molar-refractivity contribution >= 4 is 34.8 Å². The van der Waals surface area contributed by atoms with E-state index in [0.29, 0.717) is 15.8 Å². The normalized spacial score (nSPS) is 22.7. The van der Waals surface area contributed by atoms with Crippen LogP contribution in [0, 0.1) is 5.92 Å². The summed E-state index contributed by atoms with van der Waals surface area (Å²) >= 11 is 18.9. The van der Waals surface area contributed by atoms with Crippen molar-refractivity contribution in [1.29, 1.82) is 0 Å². The number of aromatic nitrogens is 2. The van der Waals surface area contributed by atoms with Crippen LogP contribution in [0.4, 0.5) is 0 Å². The molecule has 2 atom stereocenters. The summed E-state index contributed by atoms with van der Waals surface area (Å²) in [5.41, 5.74) is 0. The van der Waals surface area contributed by atoms with Gasteiger partial charge >= 0.3 is 0 Å². The van der Waals surface area contributed by atoms with Crippen molar-refractivity contribution in [1.82, 2.24) is 9.55 Å². The molecule has 0 saturated carbocycles. The topological polar surface area (TPSA) is 36.3 Å². The van der Waals surface area contributed by atoms with E-state index in [-0.39, 0.29) is 12.7 Å². The van der Waals surface area contributed by atoms with Crippen molar-refractivity contribution in [3.8, 4) is 5.75 Å². The fourth-order valence-corrected chi connectivity index (χ4v) is 3.28. The Bertz CT molecular complexity index is 761. The third kappa shape index (κ3) is 5.02. The van der Waals surface area contributed by atoms with Gasteiger partial charge in [-0.3, -0.25) is 0 Å². The van der Waals surface area contributed by atoms with Crippen molar-refractivity contribution in [2.24, 2.45) is 5.92 Å². The van der Waals surface area contributed by atoms with Crippen LogP contribution >= 0.6 is 34.8 Å². The molecule has 2 aromatic rings. The molecular formula is C18H17Cl3N2O2. The number of ether oxygens (including phenoxy) is 2. The predicted octanol–water partition coefficient (Wildman–Crippen LogP) is 5.22. The fraction of sp³-hybridized carbons (Fsp3) is 0.278. The van der Waals surface area contributed by atoms with Gasteiger partial charge in [0, 0.05) is 29.9 Å². The third-order valence-electron chi connectivity index (χ3n) is 3.83. The lowest BCUT2D eigenvalue weighted by molar-refractivity contribution is -0.0174. The molecule has 7 heteroatoms. The lowest BCUT2D eigenvalue weighted by Crippen LogP contribution is -2.26. The minimum atomic E-state index is -1.12. The summed E-state index contributed by atoms with van der Waals surface area (Å²) in [4.78, 5) is 4.03. The van der Waals surface area contributed by atoms with Gasteiger partial charge in [0.2, 0.25) is 0 Å². The highest BCUT2D eigenvalue weighted by molar-refractivity contribution is 6.32. The van der Waals surface area contributed by atoms with Gasteiger partial charge in [0.1, 0.15) is 5.75 Å². The maximum absolute atomic E-state index is 6.44. The minimum absolute atomic E-state index is 0.0437. The second-order valence-corrected chi connectivity index (χ2v) is 7.05. The molecule has 25 heavy (non-hydrogen) atoms. The minimum Gasteiger partial charge on any atom is -0.466 e. The third-order valence-corrected chi connectivity index (χ3v) is 4.88. The predicted molar refractivity (Wildman–Crippen MR) is 100 cm³/mol. The van der Waals surface area contributed by atoms with E-state index in [1.54, 1.807) is 36.8 Å². The fourth-order valence-electron chi connectivity index (χ4n) is 2.46. The summed E-state index contributed by atoms with van der Waals surface area (Å²) in [5, 5.41) is 0.0431. The summed E-state index contributed by atoms with van der Waals surface area (Å²) < 4.78 is 13.1. The van der Waals surface area contributed by atoms with E-state index in [4.69, 9.17) is 44.3 Å². The molecule has 0 aliphatic heterocycles. The van der Waals surface area contributed by atoms with Crippen LogP contribution in [0.1, 0.15) is 6.42 Å². The molecule has 0 radical (unpaired) electrons. The Morgan fingerprint density at radius 3 is 2.80 bits per heavy atom. The van der Waals surface area contributed by atoms with Gasteiger partial charge in [0.25, 0.3) is 0 Å². The summed E-state index contributed by atoms with van der Waals surface area (Å²) in [6, 6.07) is 7.17. The molecule has 1 aromatic heterocycles. The van der Waals surface area contributed by atoms with Crippen LogP contribution in [0.3, 0.4) is 0 Å². The largest absolute Gasteiger partial charge is 0.466 e. The van der Waals surface area contributed by atoms with Gasteiger partial charge in [0.05, 0.1) is 11.3 Å². The molecule has 2 unspecified atom stereocenters. The van der Waals surface area contributed by atoms with E-state index in [1.165, 1.54) is 0 Å². The molecule has 1 aliphatic rings. The summed E-state index contributed by atoms with van der Waals surface area (Å²) in [6.07, 6.45) is 11.8. The van der Waals surface area contributed by atoms with Crippen molar-refractivity contribution in [3.05, 3.63) is 71.3 Å². The summed E-state index contributed by atoms with van der Waals surface area (Å²) in [7, 11) is 0. The van der Waals surface area contributed by atoms with Crippen LogP contribution in [-0.4, -0.2) is 21.4 Å². The maximum Gasteiger partial charge on any atom is 0.191 e. The average Bonchev–Trinajstić information content (AvgIpc) is 3.09. The number of benzene rings is 1. The van der Waals surface area contributed by atoms with Gasteiger partial charge in [0.15, 0.2) is 11.9 Å². The zero-order valence-corrected chi connectivity index (χ0v) is 15.6. The Morgan fingerprint density at radius 1 is 1.24 bits per heavy atom. The van der Waals surface area contributed by atoms with Crippen LogP contribution in [0.15, 0.2) is 66.2 Å². The van der Waals surface area contributed by atoms with Gasteiger partial charge in [-0.1, -0.05) is 53.0 Å². The first-order valence-corrected chi connectivity index (χ1v) is 8.93. The maximum atomic E-state index is 6.44. The number of aryl methyl sites for hydroxylation is 1. The van der Waals surface area contributed by atoms with E-state index < -0.39 is 5.06 Å². The second-order valence-electron chi connectivity index (χ2n) is 5.62. The number of hydrogen-bond donors (Lipinski definition) is 0. The molecule has 0 fully saturated rings. The Balaban J connectivity index is 1.52. The van der Waals surface area contributed by atoms with Gasteiger partial charge in [-0.15, -0.1) is 0 Å². The first-order valence-electron chi connectivity index (χ1n) is 7.79. The van der Waals surface area contributed by atoms with E-state index in [9.17, 15) is 0 Å². The zero-order valence-electron chi connectivity index (χ0n) is 13.3. The molecule has 1 aromatic carbocycles. The second kappa shape index (κ2) is 8.28. The number of nitrogens with zero attached hydrogens (tertiary/aromatic N) is 2. The first-order chi connectivity index (χ1) is 12.1. The Kier molecular flexibility index (Phi) is 6.07. The number of rotatable bonds is 7. The highest BCUT2D eigenvalue weighted by Gasteiger charge is 2.29. The van der Waals surface area contributed by atoms with Crippen molar-refractivity contribution in [2.45, 2.75) is 18.0 Å². The van der Waals surface area contributed by atoms with Crippen molar-refractivity contribution in [3.63, 3.8) is 0 Å². The van der Waals surface area contributed by atoms with Gasteiger partial charge < -0.3 is 14.0 Å². The quantitative estimate of drug-likeness (QED) is 0.364. The van der Waals surface area contributed by atoms with Crippen LogP contribution in [-0.2, 0) is 11.3 Å². The monoisotopic (exact) mass is 398 g/mol. The standard InChI is InChI=1S/C18H17Cl3N2O2/c19-15-3-1-2-4-17(15)24-13-25-18(21)7-5-14(16(20)11-18)6-9-23-10-8-22-12-23/h1-5,7-8,10-12,14H,6,9,13H2. The Morgan fingerprint density at radius 2 is 2.08 bits per heavy atom. The Labute approximate surface area is 161 Å². The van der Waals surface area contributed by atoms with Gasteiger partial charge in [-0.25, -0.2) is 4.98 Å². The van der Waals surface area contributed by atoms with Crippen LogP contribution in [0.5, 0.6) is 5.75 Å². The Hall–Kier alpha value is -1.46. The van der Waals surface area contributed by atoms with Crippen molar-refractivity contribution in [2.75, 3.05) is 6.79 Å². The molecule has 0 N–H and O–H groups in total. The molecule has 132 valence electrons. The molecule has 0 bridgehead atoms. The van der Waals surface area contributed by atoms with Gasteiger partial charge in [-0.2, -0.15) is 0 Å². The molecule has 3 rings (SSSR count). The van der Waals surface area contributed by atoms with Crippen LogP contribution < -0.4 is 4.74 Å². The van der Waals surface area contributed by atoms with Gasteiger partial charge in [-0.05, 0) is 30.7 Å². The number of alkyl halides is 1. The number of halogens is 3. The summed E-state index contributed by atoms with van der Waals surface area (Å²) in [6.45, 7) is 0.781. The molecule has 0 spiro atoms.